The van der Waals surface area contributed by atoms with Crippen LogP contribution in [0.4, 0.5) is 51.2 Å². The first-order valence-electron chi connectivity index (χ1n) is 54.6. The molecule has 12 fully saturated rings. The highest BCUT2D eigenvalue weighted by atomic mass is 16.5. The Bertz CT molecular complexity index is 7870. The van der Waals surface area contributed by atoms with E-state index >= 15 is 0 Å². The molecule has 0 atom stereocenters. The molecule has 0 aromatic heterocycles. The van der Waals surface area contributed by atoms with Crippen LogP contribution in [0.1, 0.15) is 155 Å². The van der Waals surface area contributed by atoms with E-state index in [4.69, 9.17) is 14.2 Å². The Balaban J connectivity index is 0.000000105. The van der Waals surface area contributed by atoms with Crippen LogP contribution in [-0.4, -0.2) is 0 Å². The molecule has 16 aliphatic rings. The topological polar surface area (TPSA) is 37.4 Å². The van der Waals surface area contributed by atoms with Crippen molar-refractivity contribution in [2.45, 2.75) is 132 Å². The molecule has 12 bridgehead atoms. The van der Waals surface area contributed by atoms with Crippen LogP contribution < -0.4 is 28.9 Å². The summed E-state index contributed by atoms with van der Waals surface area (Å²) in [6.45, 7) is 4.75. The lowest BCUT2D eigenvalue weighted by Crippen LogP contribution is -2.57. The Kier molecular flexibility index (Phi) is 21.2. The Morgan fingerprint density at radius 3 is 0.653 bits per heavy atom. The summed E-state index contributed by atoms with van der Waals surface area (Å²) in [4.78, 5) is 7.36. The molecule has 0 radical (unpaired) electrons. The maximum Gasteiger partial charge on any atom is 0.131 e. The van der Waals surface area contributed by atoms with Crippen LogP contribution in [0.15, 0.2) is 443 Å². The van der Waals surface area contributed by atoms with Crippen LogP contribution in [0.25, 0.3) is 66.8 Å². The number of rotatable bonds is 14. The first-order chi connectivity index (χ1) is 72.5. The van der Waals surface area contributed by atoms with Crippen molar-refractivity contribution in [2.75, 3.05) is 14.7 Å². The van der Waals surface area contributed by atoms with Crippen molar-refractivity contribution in [3.05, 3.63) is 487 Å². The molecule has 13 aliphatic carbocycles. The van der Waals surface area contributed by atoms with E-state index < -0.39 is 0 Å². The maximum absolute atomic E-state index is 6.80. The van der Waals surface area contributed by atoms with Crippen LogP contribution in [0.2, 0.25) is 0 Å². The van der Waals surface area contributed by atoms with Crippen LogP contribution in [0.5, 0.6) is 34.5 Å². The highest BCUT2D eigenvalue weighted by Gasteiger charge is 2.65. The van der Waals surface area contributed by atoms with E-state index in [1.54, 1.807) is 0 Å². The average molecular weight is 1910 g/mol. The summed E-state index contributed by atoms with van der Waals surface area (Å²) < 4.78 is 20.3. The van der Waals surface area contributed by atoms with Gasteiger partial charge in [-0.3, -0.25) is 0 Å². The molecule has 34 rings (SSSR count). The summed E-state index contributed by atoms with van der Waals surface area (Å²) in [6, 6.07) is 163. The molecule has 0 unspecified atom stereocenters. The molecule has 3 spiro atoms. The average Bonchev–Trinajstić information content (AvgIpc) is 1.39. The monoisotopic (exact) mass is 1900 g/mol. The standard InChI is InChI=1S/C52H43NO.C46H39NO.C43H39NO/c1-3-9-37(10-4-1)39-15-17-40(18-16-39)42-21-25-46(26-22-42)53(45-23-19-41(20-24-45)38-11-5-2-6-12-38)47-27-28-51-49(34-47)52(48-13-7-8-14-50(48)54-51)43-30-35-29-36(32-43)33-44(52)31-35;1-3-9-33(10-4-1)35-15-19-39(20-16-35)47(40-21-17-36(18-22-40)34-11-5-2-6-12-34)41-23-24-45-43(30-41)46(42-13-7-8-14-44(42)48-45)37-26-31-25-32(28-37)29-38(46)27-31;1-42(2)36-13-7-6-12-34(36)35-18-16-32(25-38(35)42)44(31-10-4-3-5-11-31)33-17-19-41-39(26-33)43(37-14-8-9-15-40(37)45-41)29-21-27-20-28(23-29)24-30(43)22-27/h1-28,34-36,43-44H,29-33H2;1-24,30-32,37-38H,25-29H2;3-19,25-30H,20-24H2,1-2H3. The predicted octanol–water partition coefficient (Wildman–Crippen LogP) is 37.7. The first-order valence-corrected chi connectivity index (χ1v) is 54.6. The maximum atomic E-state index is 6.80. The van der Waals surface area contributed by atoms with Crippen molar-refractivity contribution in [3.8, 4) is 101 Å². The minimum absolute atomic E-state index is 0.00755. The Hall–Kier alpha value is -15.2. The molecule has 18 aromatic rings. The number of para-hydroxylation sites is 4. The van der Waals surface area contributed by atoms with Gasteiger partial charge in [-0.15, -0.1) is 0 Å². The van der Waals surface area contributed by atoms with E-state index in [2.05, 4.69) is 471 Å². The predicted molar refractivity (Wildman–Crippen MR) is 601 cm³/mol. The summed E-state index contributed by atoms with van der Waals surface area (Å²) in [7, 11) is 0. The van der Waals surface area contributed by atoms with Gasteiger partial charge in [0, 0.05) is 106 Å². The number of benzene rings is 18. The minimum atomic E-state index is -0.0534. The molecule has 0 saturated heterocycles. The van der Waals surface area contributed by atoms with Gasteiger partial charge in [-0.25, -0.2) is 0 Å². The molecular weight excluding hydrogens is 1780 g/mol. The lowest BCUT2D eigenvalue weighted by molar-refractivity contribution is -0.0452. The van der Waals surface area contributed by atoms with E-state index in [0.29, 0.717) is 35.5 Å². The van der Waals surface area contributed by atoms with Crippen molar-refractivity contribution in [1.82, 2.24) is 0 Å². The third-order valence-electron chi connectivity index (χ3n) is 37.9. The van der Waals surface area contributed by atoms with Crippen molar-refractivity contribution in [3.63, 3.8) is 0 Å². The fourth-order valence-corrected chi connectivity index (χ4v) is 32.5. The van der Waals surface area contributed by atoms with E-state index in [1.165, 1.54) is 236 Å². The van der Waals surface area contributed by atoms with E-state index in [1.807, 2.05) is 0 Å². The van der Waals surface area contributed by atoms with Crippen LogP contribution in [0, 0.1) is 71.0 Å². The molecule has 3 heterocycles. The van der Waals surface area contributed by atoms with Crippen molar-refractivity contribution < 1.29 is 14.2 Å². The quantitative estimate of drug-likeness (QED) is 0.108. The van der Waals surface area contributed by atoms with Gasteiger partial charge in [-0.1, -0.05) is 311 Å². The van der Waals surface area contributed by atoms with Crippen molar-refractivity contribution >= 4 is 51.2 Å². The van der Waals surface area contributed by atoms with Gasteiger partial charge in [0.1, 0.15) is 34.5 Å². The second kappa shape index (κ2) is 35.3. The smallest absolute Gasteiger partial charge is 0.131 e. The number of ether oxygens (including phenoxy) is 3. The van der Waals surface area contributed by atoms with Gasteiger partial charge in [0.05, 0.1) is 0 Å². The molecular formula is C141H121N3O3. The zero-order chi connectivity index (χ0) is 97.2. The summed E-state index contributed by atoms with van der Waals surface area (Å²) in [5.41, 5.74) is 36.8. The molecule has 18 aromatic carbocycles. The molecule has 6 nitrogen and oxygen atoms in total. The van der Waals surface area contributed by atoms with Gasteiger partial charge in [0.15, 0.2) is 0 Å². The molecule has 3 aliphatic heterocycles. The molecule has 6 heteroatoms. The molecule has 0 amide bonds. The number of fused-ring (bicyclic) bond motifs is 9. The molecule has 147 heavy (non-hydrogen) atoms. The second-order valence-electron chi connectivity index (χ2n) is 45.8. The third-order valence-corrected chi connectivity index (χ3v) is 37.9. The first kappa shape index (κ1) is 88.3. The summed E-state index contributed by atoms with van der Waals surface area (Å²) in [5.74, 6) is 15.7. The van der Waals surface area contributed by atoms with E-state index in [-0.39, 0.29) is 21.7 Å². The molecule has 0 N–H and O–H groups in total. The van der Waals surface area contributed by atoms with Gasteiger partial charge in [-0.05, 0) is 391 Å². The van der Waals surface area contributed by atoms with Gasteiger partial charge in [0.25, 0.3) is 0 Å². The summed E-state index contributed by atoms with van der Waals surface area (Å²) >= 11 is 0. The second-order valence-corrected chi connectivity index (χ2v) is 45.8. The number of anilines is 9. The van der Waals surface area contributed by atoms with Crippen molar-refractivity contribution in [2.24, 2.45) is 71.0 Å². The van der Waals surface area contributed by atoms with Crippen LogP contribution in [-0.2, 0) is 21.7 Å². The number of hydrogen-bond donors (Lipinski definition) is 0. The third kappa shape index (κ3) is 14.5. The van der Waals surface area contributed by atoms with E-state index in [9.17, 15) is 0 Å². The van der Waals surface area contributed by atoms with Crippen LogP contribution in [0.3, 0.4) is 0 Å². The van der Waals surface area contributed by atoms with E-state index in [0.717, 1.165) is 92.8 Å². The zero-order valence-corrected chi connectivity index (χ0v) is 83.7. The van der Waals surface area contributed by atoms with Crippen molar-refractivity contribution in [1.29, 1.82) is 0 Å². The van der Waals surface area contributed by atoms with Gasteiger partial charge in [0.2, 0.25) is 0 Å². The SMILES string of the molecule is CC1(C)c2ccccc2-c2ccc(N(c3ccccc3)c3ccc4c(c3)C3(c5ccccc5O4)C4CC5CC(C4)CC3C5)cc21.c1ccc(-c2ccc(-c3ccc(N(c4ccc(-c5ccccc5)cc4)c4ccc5c(c4)C4(c6ccccc6O5)C5CC6CC(C5)CC4C6)cc3)cc2)cc1.c1ccc(-c2ccc(N(c3ccc(-c4ccccc4)cc3)c3ccc4c(c3)C3(c5ccccc5O4)C4CC5CC(C4)CC3C5)cc2)cc1. The summed E-state index contributed by atoms with van der Waals surface area (Å²) in [5, 5.41) is 0. The fourth-order valence-electron chi connectivity index (χ4n) is 32.5. The van der Waals surface area contributed by atoms with Gasteiger partial charge in [-0.2, -0.15) is 0 Å². The number of nitrogens with zero attached hydrogens (tertiary/aromatic N) is 3. The van der Waals surface area contributed by atoms with Crippen LogP contribution >= 0.6 is 0 Å². The molecule has 718 valence electrons. The summed E-state index contributed by atoms with van der Waals surface area (Å²) in [6.07, 6.45) is 20.5. The minimum Gasteiger partial charge on any atom is -0.457 e. The highest BCUT2D eigenvalue weighted by Crippen LogP contribution is 2.74. The Labute approximate surface area is 865 Å². The van der Waals surface area contributed by atoms with Gasteiger partial charge >= 0.3 is 0 Å². The lowest BCUT2D eigenvalue weighted by Gasteiger charge is -2.63. The Morgan fingerprint density at radius 2 is 0.361 bits per heavy atom. The zero-order valence-electron chi connectivity index (χ0n) is 83.7. The highest BCUT2D eigenvalue weighted by molar-refractivity contribution is 5.89. The normalized spacial score (nSPS) is 24.8. The Morgan fingerprint density at radius 1 is 0.163 bits per heavy atom. The molecule has 12 saturated carbocycles. The fraction of sp³-hybridized carbons (Fsp3) is 0.234. The van der Waals surface area contributed by atoms with Gasteiger partial charge < -0.3 is 28.9 Å². The largest absolute Gasteiger partial charge is 0.457 e. The lowest BCUT2D eigenvalue weighted by atomic mass is 9.42. The number of hydrogen-bond acceptors (Lipinski definition) is 6.